The first-order chi connectivity index (χ1) is 9.75. The van der Waals surface area contributed by atoms with Crippen molar-refractivity contribution >= 4 is 27.7 Å². The Labute approximate surface area is 121 Å². The van der Waals surface area contributed by atoms with Crippen LogP contribution in [-0.2, 0) is 10.0 Å². The van der Waals surface area contributed by atoms with Crippen LogP contribution in [0.4, 0.5) is 10.5 Å². The lowest BCUT2D eigenvalue weighted by atomic mass is 10.2. The normalized spacial score (nSPS) is 10.9. The number of carbonyl (C=O) groups excluding carboxylic acids is 1. The summed E-state index contributed by atoms with van der Waals surface area (Å²) in [5.74, 6) is -2.04. The predicted molar refractivity (Wildman–Crippen MR) is 74.9 cm³/mol. The molecule has 2 amide bonds. The van der Waals surface area contributed by atoms with Crippen LogP contribution in [0, 0.1) is 0 Å². The Bertz CT molecular complexity index is 643. The standard InChI is InChI=1S/C11H15N3O6S/c1-12-21(19,20)5-4-13-11(18)14-7-2-3-9(15)8(6-7)10(16)17/h2-3,6,12,15H,4-5H2,1H3,(H,16,17)(H2,13,14,18). The molecule has 1 aromatic rings. The maximum absolute atomic E-state index is 11.5. The minimum absolute atomic E-state index is 0.112. The molecule has 9 nitrogen and oxygen atoms in total. The zero-order valence-corrected chi connectivity index (χ0v) is 11.9. The second-order valence-electron chi connectivity index (χ2n) is 3.94. The Hall–Kier alpha value is -2.33. The molecule has 0 bridgehead atoms. The van der Waals surface area contributed by atoms with Crippen molar-refractivity contribution in [3.63, 3.8) is 0 Å². The van der Waals surface area contributed by atoms with Gasteiger partial charge in [0, 0.05) is 12.2 Å². The minimum Gasteiger partial charge on any atom is -0.507 e. The van der Waals surface area contributed by atoms with E-state index in [1.54, 1.807) is 0 Å². The van der Waals surface area contributed by atoms with Crippen molar-refractivity contribution in [1.82, 2.24) is 10.0 Å². The molecular weight excluding hydrogens is 302 g/mol. The highest BCUT2D eigenvalue weighted by Crippen LogP contribution is 2.21. The minimum atomic E-state index is -3.41. The number of hydrogen-bond donors (Lipinski definition) is 5. The van der Waals surface area contributed by atoms with Crippen molar-refractivity contribution in [1.29, 1.82) is 0 Å². The fraction of sp³-hybridized carbons (Fsp3) is 0.273. The van der Waals surface area contributed by atoms with Gasteiger partial charge in [0.25, 0.3) is 0 Å². The molecule has 0 aliphatic carbocycles. The van der Waals surface area contributed by atoms with Gasteiger partial charge in [0.05, 0.1) is 5.75 Å². The van der Waals surface area contributed by atoms with Gasteiger partial charge in [-0.05, 0) is 25.2 Å². The molecule has 0 saturated carbocycles. The maximum Gasteiger partial charge on any atom is 0.339 e. The molecule has 0 heterocycles. The monoisotopic (exact) mass is 317 g/mol. The van der Waals surface area contributed by atoms with E-state index < -0.39 is 27.8 Å². The van der Waals surface area contributed by atoms with Crippen LogP contribution in [0.3, 0.4) is 0 Å². The molecule has 0 aromatic heterocycles. The Morgan fingerprint density at radius 3 is 2.52 bits per heavy atom. The summed E-state index contributed by atoms with van der Waals surface area (Å²) in [6.45, 7) is -0.112. The summed E-state index contributed by atoms with van der Waals surface area (Å²) in [4.78, 5) is 22.3. The molecule has 0 fully saturated rings. The average Bonchev–Trinajstić information content (AvgIpc) is 2.40. The molecule has 0 aliphatic heterocycles. The summed E-state index contributed by atoms with van der Waals surface area (Å²) in [5.41, 5.74) is -0.204. The van der Waals surface area contributed by atoms with Crippen molar-refractivity contribution in [2.45, 2.75) is 0 Å². The molecule has 0 saturated heterocycles. The zero-order valence-electron chi connectivity index (χ0n) is 11.1. The van der Waals surface area contributed by atoms with Crippen LogP contribution >= 0.6 is 0 Å². The van der Waals surface area contributed by atoms with Crippen molar-refractivity contribution in [2.24, 2.45) is 0 Å². The van der Waals surface area contributed by atoms with Crippen LogP contribution in [0.15, 0.2) is 18.2 Å². The number of carboxylic acids is 1. The van der Waals surface area contributed by atoms with Crippen molar-refractivity contribution in [2.75, 3.05) is 24.7 Å². The number of urea groups is 1. The maximum atomic E-state index is 11.5. The Balaban J connectivity index is 2.60. The highest BCUT2D eigenvalue weighted by atomic mass is 32.2. The van der Waals surface area contributed by atoms with E-state index in [0.29, 0.717) is 0 Å². The molecule has 5 N–H and O–H groups in total. The zero-order chi connectivity index (χ0) is 16.0. The molecule has 21 heavy (non-hydrogen) atoms. The van der Waals surface area contributed by atoms with Crippen molar-refractivity contribution in [3.8, 4) is 5.75 Å². The lowest BCUT2D eigenvalue weighted by molar-refractivity contribution is 0.0693. The number of nitrogens with one attached hydrogen (secondary N) is 3. The van der Waals surface area contributed by atoms with E-state index in [4.69, 9.17) is 5.11 Å². The summed E-state index contributed by atoms with van der Waals surface area (Å²) in [7, 11) is -2.15. The molecule has 10 heteroatoms. The second-order valence-corrected chi connectivity index (χ2v) is 5.99. The number of anilines is 1. The Morgan fingerprint density at radius 1 is 1.29 bits per heavy atom. The van der Waals surface area contributed by atoms with Gasteiger partial charge in [-0.15, -0.1) is 0 Å². The first-order valence-corrected chi connectivity index (χ1v) is 7.43. The molecule has 1 rings (SSSR count). The van der Waals surface area contributed by atoms with E-state index in [-0.39, 0.29) is 23.5 Å². The van der Waals surface area contributed by atoms with E-state index in [1.165, 1.54) is 13.1 Å². The number of hydrogen-bond acceptors (Lipinski definition) is 5. The van der Waals surface area contributed by atoms with E-state index in [1.807, 2.05) is 0 Å². The van der Waals surface area contributed by atoms with Crippen LogP contribution < -0.4 is 15.4 Å². The predicted octanol–water partition coefficient (Wildman–Crippen LogP) is -0.239. The summed E-state index contributed by atoms with van der Waals surface area (Å²) in [5, 5.41) is 22.8. The van der Waals surface area contributed by atoms with Gasteiger partial charge in [-0.3, -0.25) is 0 Å². The largest absolute Gasteiger partial charge is 0.507 e. The van der Waals surface area contributed by atoms with Crippen molar-refractivity contribution < 1.29 is 28.2 Å². The SMILES string of the molecule is CNS(=O)(=O)CCNC(=O)Nc1ccc(O)c(C(=O)O)c1. The number of carboxylic acid groups (broad SMARTS) is 1. The van der Waals surface area contributed by atoms with Gasteiger partial charge in [0.2, 0.25) is 10.0 Å². The number of aromatic hydroxyl groups is 1. The van der Waals surface area contributed by atoms with Crippen LogP contribution in [0.2, 0.25) is 0 Å². The highest BCUT2D eigenvalue weighted by molar-refractivity contribution is 7.89. The van der Waals surface area contributed by atoms with Crippen LogP contribution in [0.5, 0.6) is 5.75 Å². The lowest BCUT2D eigenvalue weighted by Crippen LogP contribution is -2.35. The number of phenols is 1. The average molecular weight is 317 g/mol. The fourth-order valence-corrected chi connectivity index (χ4v) is 1.94. The van der Waals surface area contributed by atoms with E-state index in [9.17, 15) is 23.1 Å². The number of rotatable bonds is 6. The van der Waals surface area contributed by atoms with Gasteiger partial charge in [-0.2, -0.15) is 0 Å². The van der Waals surface area contributed by atoms with E-state index >= 15 is 0 Å². The van der Waals surface area contributed by atoms with Gasteiger partial charge in [0.1, 0.15) is 11.3 Å². The van der Waals surface area contributed by atoms with Crippen LogP contribution in [-0.4, -0.2) is 50.0 Å². The van der Waals surface area contributed by atoms with Gasteiger partial charge >= 0.3 is 12.0 Å². The van der Waals surface area contributed by atoms with Gasteiger partial charge in [-0.25, -0.2) is 22.7 Å². The molecule has 0 spiro atoms. The summed E-state index contributed by atoms with van der Waals surface area (Å²) >= 11 is 0. The first kappa shape index (κ1) is 16.7. The third kappa shape index (κ3) is 5.28. The number of benzene rings is 1. The molecule has 0 atom stereocenters. The highest BCUT2D eigenvalue weighted by Gasteiger charge is 2.12. The molecular formula is C11H15N3O6S. The lowest BCUT2D eigenvalue weighted by Gasteiger charge is -2.09. The Morgan fingerprint density at radius 2 is 1.95 bits per heavy atom. The fourth-order valence-electron chi connectivity index (χ4n) is 1.36. The van der Waals surface area contributed by atoms with Gasteiger partial charge < -0.3 is 20.8 Å². The molecule has 0 unspecified atom stereocenters. The summed E-state index contributed by atoms with van der Waals surface area (Å²) < 4.78 is 24.3. The topological polar surface area (TPSA) is 145 Å². The number of carbonyl (C=O) groups is 2. The Kier molecular flexibility index (Phi) is 5.50. The number of sulfonamides is 1. The van der Waals surface area contributed by atoms with E-state index in [2.05, 4.69) is 15.4 Å². The van der Waals surface area contributed by atoms with Gasteiger partial charge in [-0.1, -0.05) is 0 Å². The van der Waals surface area contributed by atoms with Gasteiger partial charge in [0.15, 0.2) is 0 Å². The van der Waals surface area contributed by atoms with Crippen molar-refractivity contribution in [3.05, 3.63) is 23.8 Å². The van der Waals surface area contributed by atoms with E-state index in [0.717, 1.165) is 12.1 Å². The molecule has 116 valence electrons. The number of aromatic carboxylic acids is 1. The number of amides is 2. The summed E-state index contributed by atoms with van der Waals surface area (Å²) in [6.07, 6.45) is 0. The van der Waals surface area contributed by atoms with Crippen LogP contribution in [0.1, 0.15) is 10.4 Å². The molecule has 0 radical (unpaired) electrons. The first-order valence-electron chi connectivity index (χ1n) is 5.77. The van der Waals surface area contributed by atoms with Crippen LogP contribution in [0.25, 0.3) is 0 Å². The smallest absolute Gasteiger partial charge is 0.339 e. The molecule has 1 aromatic carbocycles. The third-order valence-electron chi connectivity index (χ3n) is 2.45. The molecule has 0 aliphatic rings. The quantitative estimate of drug-likeness (QED) is 0.458. The third-order valence-corrected chi connectivity index (χ3v) is 3.82. The second kappa shape index (κ2) is 6.90. The summed E-state index contributed by atoms with van der Waals surface area (Å²) in [6, 6.07) is 2.83.